The van der Waals surface area contributed by atoms with Crippen molar-refractivity contribution in [2.75, 3.05) is 13.4 Å². The molecule has 2 rings (SSSR count). The van der Waals surface area contributed by atoms with E-state index in [1.54, 1.807) is 6.92 Å². The van der Waals surface area contributed by atoms with Crippen LogP contribution in [0.4, 0.5) is 4.39 Å². The Bertz CT molecular complexity index is 487. The fourth-order valence-corrected chi connectivity index (χ4v) is 1.61. The standard InChI is InChI=1S/C11H11FO6/c1-2-16-11(15)9(14)7-8(12)5(13)3-6-10(7)18-4-17-6/h3,9,13-14H,2,4H2,1H3. The smallest absolute Gasteiger partial charge is 0.339 e. The molecule has 1 atom stereocenters. The molecule has 0 fully saturated rings. The number of carbonyl (C=O) groups excluding carboxylic acids is 1. The molecule has 0 aromatic heterocycles. The summed E-state index contributed by atoms with van der Waals surface area (Å²) in [4.78, 5) is 11.4. The third kappa shape index (κ3) is 1.92. The highest BCUT2D eigenvalue weighted by atomic mass is 19.1. The first-order valence-electron chi connectivity index (χ1n) is 5.22. The van der Waals surface area contributed by atoms with Gasteiger partial charge in [0.05, 0.1) is 12.2 Å². The quantitative estimate of drug-likeness (QED) is 0.782. The Balaban J connectivity index is 2.46. The van der Waals surface area contributed by atoms with Crippen LogP contribution in [0.15, 0.2) is 6.07 Å². The number of esters is 1. The molecule has 18 heavy (non-hydrogen) atoms. The van der Waals surface area contributed by atoms with Crippen LogP contribution in [0.1, 0.15) is 18.6 Å². The molecule has 6 nitrogen and oxygen atoms in total. The molecule has 2 N–H and O–H groups in total. The molecule has 0 saturated carbocycles. The van der Waals surface area contributed by atoms with Crippen LogP contribution in [0.3, 0.4) is 0 Å². The summed E-state index contributed by atoms with van der Waals surface area (Å²) >= 11 is 0. The summed E-state index contributed by atoms with van der Waals surface area (Å²) in [7, 11) is 0. The summed E-state index contributed by atoms with van der Waals surface area (Å²) in [6.07, 6.45) is -1.88. The molecule has 0 spiro atoms. The van der Waals surface area contributed by atoms with Gasteiger partial charge >= 0.3 is 5.97 Å². The number of halogens is 1. The zero-order chi connectivity index (χ0) is 13.3. The summed E-state index contributed by atoms with van der Waals surface area (Å²) in [5.74, 6) is -2.95. The van der Waals surface area contributed by atoms with Gasteiger partial charge in [-0.2, -0.15) is 0 Å². The normalized spacial score (nSPS) is 14.4. The van der Waals surface area contributed by atoms with Gasteiger partial charge in [0.1, 0.15) is 0 Å². The largest absolute Gasteiger partial charge is 0.505 e. The van der Waals surface area contributed by atoms with E-state index in [-0.39, 0.29) is 24.9 Å². The molecule has 0 saturated heterocycles. The molecule has 0 amide bonds. The van der Waals surface area contributed by atoms with Crippen molar-refractivity contribution < 1.29 is 33.6 Å². The molecule has 1 unspecified atom stereocenters. The van der Waals surface area contributed by atoms with Crippen molar-refractivity contribution >= 4 is 5.97 Å². The van der Waals surface area contributed by atoms with Crippen molar-refractivity contribution in [3.8, 4) is 17.2 Å². The number of phenols is 1. The molecule has 7 heteroatoms. The Morgan fingerprint density at radius 1 is 1.61 bits per heavy atom. The lowest BCUT2D eigenvalue weighted by atomic mass is 10.1. The second-order valence-electron chi connectivity index (χ2n) is 3.51. The number of hydrogen-bond donors (Lipinski definition) is 2. The first kappa shape index (κ1) is 12.4. The van der Waals surface area contributed by atoms with Gasteiger partial charge < -0.3 is 24.4 Å². The van der Waals surface area contributed by atoms with Crippen molar-refractivity contribution in [2.45, 2.75) is 13.0 Å². The minimum Gasteiger partial charge on any atom is -0.505 e. The number of phenolic OH excluding ortho intramolecular Hbond substituents is 1. The number of aliphatic hydroxyl groups is 1. The summed E-state index contributed by atoms with van der Waals surface area (Å²) in [6.45, 7) is 1.41. The lowest BCUT2D eigenvalue weighted by molar-refractivity contribution is -0.153. The van der Waals surface area contributed by atoms with Gasteiger partial charge in [-0.1, -0.05) is 0 Å². The van der Waals surface area contributed by atoms with Crippen LogP contribution in [0.25, 0.3) is 0 Å². The lowest BCUT2D eigenvalue weighted by Gasteiger charge is -2.13. The van der Waals surface area contributed by atoms with Crippen LogP contribution < -0.4 is 9.47 Å². The molecular formula is C11H11FO6. The molecule has 0 radical (unpaired) electrons. The van der Waals surface area contributed by atoms with Gasteiger partial charge in [-0.15, -0.1) is 0 Å². The number of ether oxygens (including phenoxy) is 3. The number of carbonyl (C=O) groups is 1. The highest BCUT2D eigenvalue weighted by Crippen LogP contribution is 2.44. The Morgan fingerprint density at radius 3 is 3.00 bits per heavy atom. The van der Waals surface area contributed by atoms with Crippen LogP contribution in [0.5, 0.6) is 17.2 Å². The molecule has 0 aliphatic carbocycles. The molecule has 1 aromatic rings. The SMILES string of the molecule is CCOC(=O)C(O)c1c(F)c(O)cc2c1OCO2. The predicted molar refractivity (Wildman–Crippen MR) is 55.8 cm³/mol. The number of aromatic hydroxyl groups is 1. The number of aliphatic hydroxyl groups excluding tert-OH is 1. The Morgan fingerprint density at radius 2 is 2.33 bits per heavy atom. The van der Waals surface area contributed by atoms with Gasteiger partial charge in [0.2, 0.25) is 6.79 Å². The Kier molecular flexibility index (Phi) is 3.24. The first-order chi connectivity index (χ1) is 8.56. The van der Waals surface area contributed by atoms with Crippen LogP contribution >= 0.6 is 0 Å². The van der Waals surface area contributed by atoms with Crippen molar-refractivity contribution in [1.82, 2.24) is 0 Å². The summed E-state index contributed by atoms with van der Waals surface area (Å²) in [5.41, 5.74) is -0.485. The Labute approximate surface area is 102 Å². The van der Waals surface area contributed by atoms with E-state index in [0.29, 0.717) is 0 Å². The number of fused-ring (bicyclic) bond motifs is 1. The monoisotopic (exact) mass is 258 g/mol. The maximum atomic E-state index is 13.8. The van der Waals surface area contributed by atoms with E-state index in [9.17, 15) is 19.4 Å². The highest BCUT2D eigenvalue weighted by Gasteiger charge is 2.33. The minimum absolute atomic E-state index is 0.0376. The van der Waals surface area contributed by atoms with Crippen LogP contribution in [-0.4, -0.2) is 29.6 Å². The third-order valence-corrected chi connectivity index (χ3v) is 2.40. The van der Waals surface area contributed by atoms with E-state index in [4.69, 9.17) is 9.47 Å². The highest BCUT2D eigenvalue weighted by molar-refractivity contribution is 5.78. The maximum absolute atomic E-state index is 13.8. The van der Waals surface area contributed by atoms with Crippen LogP contribution in [0.2, 0.25) is 0 Å². The van der Waals surface area contributed by atoms with E-state index in [1.807, 2.05) is 0 Å². The van der Waals surface area contributed by atoms with Gasteiger partial charge in [0, 0.05) is 6.07 Å². The van der Waals surface area contributed by atoms with Gasteiger partial charge in [0.25, 0.3) is 0 Å². The van der Waals surface area contributed by atoms with Crippen molar-refractivity contribution in [3.63, 3.8) is 0 Å². The van der Waals surface area contributed by atoms with Crippen molar-refractivity contribution in [1.29, 1.82) is 0 Å². The van der Waals surface area contributed by atoms with Gasteiger partial charge in [-0.3, -0.25) is 0 Å². The van der Waals surface area contributed by atoms with Gasteiger partial charge in [-0.05, 0) is 6.92 Å². The first-order valence-corrected chi connectivity index (χ1v) is 5.22. The summed E-state index contributed by atoms with van der Waals surface area (Å²) in [6, 6.07) is 1.01. The fraction of sp³-hybridized carbons (Fsp3) is 0.364. The zero-order valence-corrected chi connectivity index (χ0v) is 9.47. The van der Waals surface area contributed by atoms with Gasteiger partial charge in [-0.25, -0.2) is 9.18 Å². The minimum atomic E-state index is -1.88. The third-order valence-electron chi connectivity index (χ3n) is 2.40. The summed E-state index contributed by atoms with van der Waals surface area (Å²) in [5, 5.41) is 19.1. The molecule has 0 bridgehead atoms. The second-order valence-corrected chi connectivity index (χ2v) is 3.51. The number of rotatable bonds is 3. The zero-order valence-electron chi connectivity index (χ0n) is 9.47. The van der Waals surface area contributed by atoms with E-state index < -0.39 is 29.2 Å². The number of benzene rings is 1. The fourth-order valence-electron chi connectivity index (χ4n) is 1.61. The van der Waals surface area contributed by atoms with E-state index in [1.165, 1.54) is 0 Å². The topological polar surface area (TPSA) is 85.2 Å². The van der Waals surface area contributed by atoms with E-state index in [2.05, 4.69) is 4.74 Å². The van der Waals surface area contributed by atoms with E-state index >= 15 is 0 Å². The van der Waals surface area contributed by atoms with Gasteiger partial charge in [0.15, 0.2) is 29.2 Å². The average molecular weight is 258 g/mol. The molecule has 1 aliphatic rings. The van der Waals surface area contributed by atoms with Crippen LogP contribution in [0, 0.1) is 5.82 Å². The molecule has 1 heterocycles. The summed E-state index contributed by atoms with van der Waals surface area (Å²) < 4.78 is 28.3. The molecule has 1 aromatic carbocycles. The number of hydrogen-bond acceptors (Lipinski definition) is 6. The predicted octanol–water partition coefficient (Wildman–Crippen LogP) is 0.856. The molecule has 98 valence electrons. The average Bonchev–Trinajstić information content (AvgIpc) is 2.77. The van der Waals surface area contributed by atoms with Crippen molar-refractivity contribution in [3.05, 3.63) is 17.4 Å². The molecule has 1 aliphatic heterocycles. The molecular weight excluding hydrogens is 247 g/mol. The van der Waals surface area contributed by atoms with Crippen molar-refractivity contribution in [2.24, 2.45) is 0 Å². The maximum Gasteiger partial charge on any atom is 0.339 e. The van der Waals surface area contributed by atoms with Crippen LogP contribution in [-0.2, 0) is 9.53 Å². The second kappa shape index (κ2) is 4.69. The Hall–Kier alpha value is -2.02. The van der Waals surface area contributed by atoms with E-state index in [0.717, 1.165) is 6.07 Å². The lowest BCUT2D eigenvalue weighted by Crippen LogP contribution is -2.17.